The summed E-state index contributed by atoms with van der Waals surface area (Å²) in [6.45, 7) is 1.88. The predicted octanol–water partition coefficient (Wildman–Crippen LogP) is 4.42. The van der Waals surface area contributed by atoms with Crippen molar-refractivity contribution in [3.63, 3.8) is 0 Å². The number of methoxy groups -OCH3 is 1. The van der Waals surface area contributed by atoms with Crippen LogP contribution in [0.4, 0.5) is 5.69 Å². The smallest absolute Gasteiger partial charge is 0.339 e. The van der Waals surface area contributed by atoms with E-state index in [1.165, 1.54) is 7.11 Å². The van der Waals surface area contributed by atoms with E-state index < -0.39 is 12.1 Å². The third-order valence-electron chi connectivity index (χ3n) is 4.27. The van der Waals surface area contributed by atoms with Crippen molar-refractivity contribution in [1.82, 2.24) is 0 Å². The average molecular weight is 363 g/mol. The number of fused-ring (bicyclic) bond motifs is 1. The Morgan fingerprint density at radius 3 is 2.44 bits per heavy atom. The molecule has 0 aromatic heterocycles. The van der Waals surface area contributed by atoms with Crippen LogP contribution in [0.25, 0.3) is 10.8 Å². The van der Waals surface area contributed by atoms with Crippen molar-refractivity contribution in [2.45, 2.75) is 19.4 Å². The maximum Gasteiger partial charge on any atom is 0.339 e. The van der Waals surface area contributed by atoms with Crippen molar-refractivity contribution in [2.24, 2.45) is 0 Å². The van der Waals surface area contributed by atoms with E-state index in [-0.39, 0.29) is 5.91 Å². The highest BCUT2D eigenvalue weighted by Crippen LogP contribution is 2.27. The molecule has 1 amide bonds. The highest BCUT2D eigenvalue weighted by atomic mass is 16.5. The fourth-order valence-electron chi connectivity index (χ4n) is 2.87. The fraction of sp³-hybridized carbons (Fsp3) is 0.182. The molecule has 0 aliphatic rings. The largest absolute Gasteiger partial charge is 0.480 e. The normalized spacial score (nSPS) is 11.6. The van der Waals surface area contributed by atoms with Crippen molar-refractivity contribution in [2.75, 3.05) is 12.4 Å². The van der Waals surface area contributed by atoms with Crippen molar-refractivity contribution in [1.29, 1.82) is 0 Å². The zero-order valence-corrected chi connectivity index (χ0v) is 15.3. The Bertz CT molecular complexity index is 962. The maximum absolute atomic E-state index is 12.8. The number of ether oxygens (including phenoxy) is 2. The number of esters is 1. The number of carbonyl (C=O) groups excluding carboxylic acids is 2. The highest BCUT2D eigenvalue weighted by Gasteiger charge is 2.21. The molecule has 0 saturated heterocycles. The van der Waals surface area contributed by atoms with E-state index in [1.54, 1.807) is 24.3 Å². The minimum Gasteiger partial charge on any atom is -0.480 e. The second-order valence-corrected chi connectivity index (χ2v) is 6.02. The third-order valence-corrected chi connectivity index (χ3v) is 4.27. The minimum absolute atomic E-state index is 0.299. The molecule has 0 fully saturated rings. The molecule has 0 radical (unpaired) electrons. The van der Waals surface area contributed by atoms with Gasteiger partial charge in [0.15, 0.2) is 6.10 Å². The first kappa shape index (κ1) is 18.5. The van der Waals surface area contributed by atoms with Crippen LogP contribution in [-0.2, 0) is 9.53 Å². The van der Waals surface area contributed by atoms with Crippen LogP contribution in [0.2, 0.25) is 0 Å². The molecule has 1 N–H and O–H groups in total. The Morgan fingerprint density at radius 1 is 0.963 bits per heavy atom. The van der Waals surface area contributed by atoms with Crippen LogP contribution >= 0.6 is 0 Å². The van der Waals surface area contributed by atoms with Gasteiger partial charge >= 0.3 is 5.97 Å². The summed E-state index contributed by atoms with van der Waals surface area (Å²) in [6.07, 6.45) is -0.211. The molecule has 138 valence electrons. The van der Waals surface area contributed by atoms with E-state index in [1.807, 2.05) is 49.4 Å². The molecule has 5 heteroatoms. The average Bonchev–Trinajstić information content (AvgIpc) is 2.71. The Kier molecular flexibility index (Phi) is 5.71. The predicted molar refractivity (Wildman–Crippen MR) is 105 cm³/mol. The minimum atomic E-state index is -0.693. The van der Waals surface area contributed by atoms with Gasteiger partial charge in [0.05, 0.1) is 18.4 Å². The zero-order valence-electron chi connectivity index (χ0n) is 15.3. The van der Waals surface area contributed by atoms with Gasteiger partial charge in [-0.15, -0.1) is 0 Å². The molecular formula is C22H21NO4. The Balaban J connectivity index is 1.82. The summed E-state index contributed by atoms with van der Waals surface area (Å²) in [7, 11) is 1.30. The molecule has 0 spiro atoms. The third kappa shape index (κ3) is 4.08. The second-order valence-electron chi connectivity index (χ2n) is 6.02. The summed E-state index contributed by atoms with van der Waals surface area (Å²) in [5.41, 5.74) is 0.697. The lowest BCUT2D eigenvalue weighted by Gasteiger charge is -2.19. The van der Waals surface area contributed by atoms with Crippen molar-refractivity contribution in [3.05, 3.63) is 72.3 Å². The summed E-state index contributed by atoms with van der Waals surface area (Å²) in [5.74, 6) is -0.174. The van der Waals surface area contributed by atoms with E-state index >= 15 is 0 Å². The van der Waals surface area contributed by atoms with Gasteiger partial charge in [-0.05, 0) is 30.0 Å². The first-order valence-corrected chi connectivity index (χ1v) is 8.76. The summed E-state index contributed by atoms with van der Waals surface area (Å²) in [5, 5.41) is 4.77. The topological polar surface area (TPSA) is 64.6 Å². The first-order chi connectivity index (χ1) is 13.1. The Morgan fingerprint density at radius 2 is 1.67 bits per heavy atom. The lowest BCUT2D eigenvalue weighted by Crippen LogP contribution is -2.33. The second kappa shape index (κ2) is 8.36. The van der Waals surface area contributed by atoms with Gasteiger partial charge in [-0.1, -0.05) is 55.5 Å². The summed E-state index contributed by atoms with van der Waals surface area (Å²) in [6, 6.07) is 20.3. The van der Waals surface area contributed by atoms with Crippen molar-refractivity contribution in [3.8, 4) is 5.75 Å². The standard InChI is InChI=1S/C22H21NO4/c1-3-19(27-20-14-8-10-15-9-4-5-11-16(15)20)21(24)23-18-13-7-6-12-17(18)22(25)26-2/h4-14,19H,3H2,1-2H3,(H,23,24)/t19-/m1/s1. The molecule has 0 heterocycles. The molecule has 27 heavy (non-hydrogen) atoms. The lowest BCUT2D eigenvalue weighted by atomic mass is 10.1. The quantitative estimate of drug-likeness (QED) is 0.658. The van der Waals surface area contributed by atoms with E-state index in [4.69, 9.17) is 9.47 Å². The first-order valence-electron chi connectivity index (χ1n) is 8.76. The molecule has 0 aliphatic heterocycles. The molecule has 0 saturated carbocycles. The van der Waals surface area contributed by atoms with Crippen molar-refractivity contribution < 1.29 is 19.1 Å². The number of hydrogen-bond acceptors (Lipinski definition) is 4. The summed E-state index contributed by atoms with van der Waals surface area (Å²) < 4.78 is 10.8. The van der Waals surface area contributed by atoms with Gasteiger partial charge in [-0.2, -0.15) is 0 Å². The maximum atomic E-state index is 12.8. The van der Waals surface area contributed by atoms with E-state index in [2.05, 4.69) is 5.32 Å². The SMILES string of the molecule is CC[C@@H](Oc1cccc2ccccc12)C(=O)Nc1ccccc1C(=O)OC. The molecule has 3 aromatic carbocycles. The van der Waals surface area contributed by atoms with Gasteiger partial charge in [-0.25, -0.2) is 4.79 Å². The highest BCUT2D eigenvalue weighted by molar-refractivity contribution is 6.02. The van der Waals surface area contributed by atoms with Crippen molar-refractivity contribution >= 4 is 28.3 Å². The number of rotatable bonds is 6. The summed E-state index contributed by atoms with van der Waals surface area (Å²) in [4.78, 5) is 24.6. The number of nitrogens with one attached hydrogen (secondary N) is 1. The van der Waals surface area contributed by atoms with Crippen LogP contribution in [0.3, 0.4) is 0 Å². The van der Waals surface area contributed by atoms with Gasteiger partial charge in [0.1, 0.15) is 5.75 Å². The molecule has 1 atom stereocenters. The molecule has 5 nitrogen and oxygen atoms in total. The fourth-order valence-corrected chi connectivity index (χ4v) is 2.87. The zero-order chi connectivity index (χ0) is 19.2. The number of hydrogen-bond donors (Lipinski definition) is 1. The van der Waals surface area contributed by atoms with E-state index in [9.17, 15) is 9.59 Å². The molecule has 0 aliphatic carbocycles. The van der Waals surface area contributed by atoms with E-state index in [0.29, 0.717) is 23.4 Å². The van der Waals surface area contributed by atoms with Crippen LogP contribution in [0.15, 0.2) is 66.7 Å². The van der Waals surface area contributed by atoms with Crippen LogP contribution in [0, 0.1) is 0 Å². The van der Waals surface area contributed by atoms with Gasteiger partial charge in [-0.3, -0.25) is 4.79 Å². The molecule has 3 aromatic rings. The number of carbonyl (C=O) groups is 2. The van der Waals surface area contributed by atoms with Crippen LogP contribution in [0.5, 0.6) is 5.75 Å². The Labute approximate surface area is 157 Å². The number of anilines is 1. The van der Waals surface area contributed by atoms with Gasteiger partial charge in [0.25, 0.3) is 5.91 Å². The van der Waals surface area contributed by atoms with E-state index in [0.717, 1.165) is 10.8 Å². The lowest BCUT2D eigenvalue weighted by molar-refractivity contribution is -0.122. The monoisotopic (exact) mass is 363 g/mol. The molecular weight excluding hydrogens is 342 g/mol. The van der Waals surface area contributed by atoms with Crippen LogP contribution < -0.4 is 10.1 Å². The number of amides is 1. The molecule has 3 rings (SSSR count). The van der Waals surface area contributed by atoms with Crippen LogP contribution in [-0.4, -0.2) is 25.1 Å². The van der Waals surface area contributed by atoms with Gasteiger partial charge in [0.2, 0.25) is 0 Å². The van der Waals surface area contributed by atoms with Gasteiger partial charge in [0, 0.05) is 5.39 Å². The van der Waals surface area contributed by atoms with Crippen LogP contribution in [0.1, 0.15) is 23.7 Å². The molecule has 0 bridgehead atoms. The van der Waals surface area contributed by atoms with Gasteiger partial charge < -0.3 is 14.8 Å². The number of benzene rings is 3. The molecule has 0 unspecified atom stereocenters. The Hall–Kier alpha value is -3.34. The summed E-state index contributed by atoms with van der Waals surface area (Å²) >= 11 is 0. The number of para-hydroxylation sites is 1.